The van der Waals surface area contributed by atoms with Gasteiger partial charge in [0.15, 0.2) is 0 Å². The summed E-state index contributed by atoms with van der Waals surface area (Å²) in [6.45, 7) is 2.09. The summed E-state index contributed by atoms with van der Waals surface area (Å²) in [6, 6.07) is 24.1. The average molecular weight is 476 g/mol. The quantitative estimate of drug-likeness (QED) is 0.303. The molecule has 0 aliphatic rings. The molecular weight excluding hydrogens is 451 g/mol. The summed E-state index contributed by atoms with van der Waals surface area (Å²) in [5, 5.41) is 6.02. The zero-order valence-corrected chi connectivity index (χ0v) is 19.1. The van der Waals surface area contributed by atoms with Gasteiger partial charge in [-0.2, -0.15) is 13.2 Å². The molecule has 0 aliphatic carbocycles. The number of aryl methyl sites for hydroxylation is 1. The first-order valence-corrected chi connectivity index (χ1v) is 11.1. The fourth-order valence-corrected chi connectivity index (χ4v) is 3.81. The second-order valence-electron chi connectivity index (χ2n) is 8.11. The van der Waals surface area contributed by atoms with Crippen molar-refractivity contribution in [3.8, 4) is 11.1 Å². The van der Waals surface area contributed by atoms with Crippen molar-refractivity contribution in [1.82, 2.24) is 4.98 Å². The Morgan fingerprint density at radius 3 is 2.23 bits per heavy atom. The van der Waals surface area contributed by atoms with Gasteiger partial charge in [0.25, 0.3) is 5.91 Å². The first kappa shape index (κ1) is 24.0. The predicted octanol–water partition coefficient (Wildman–Crippen LogP) is 6.98. The molecule has 2 N–H and O–H groups in total. The number of alkyl halides is 3. The second kappa shape index (κ2) is 10.4. The summed E-state index contributed by atoms with van der Waals surface area (Å²) < 4.78 is 40.7. The van der Waals surface area contributed by atoms with Crippen molar-refractivity contribution in [3.63, 3.8) is 0 Å². The average Bonchev–Trinajstić information content (AvgIpc) is 2.85. The Hall–Kier alpha value is -4.13. The minimum Gasteiger partial charge on any atom is -0.385 e. The normalized spacial score (nSPS) is 11.2. The summed E-state index contributed by atoms with van der Waals surface area (Å²) in [5.41, 5.74) is 2.64. The van der Waals surface area contributed by atoms with Crippen LogP contribution in [-0.4, -0.2) is 17.4 Å². The number of hydrogen-bond donors (Lipinski definition) is 2. The van der Waals surface area contributed by atoms with Crippen LogP contribution in [0.1, 0.15) is 27.2 Å². The van der Waals surface area contributed by atoms with E-state index < -0.39 is 17.6 Å². The number of rotatable bonds is 7. The zero-order valence-electron chi connectivity index (χ0n) is 19.1. The number of benzene rings is 3. The van der Waals surface area contributed by atoms with Crippen molar-refractivity contribution < 1.29 is 18.0 Å². The number of amides is 1. The van der Waals surface area contributed by atoms with Gasteiger partial charge >= 0.3 is 6.18 Å². The molecule has 0 unspecified atom stereocenters. The van der Waals surface area contributed by atoms with Crippen LogP contribution in [0.3, 0.4) is 0 Å². The van der Waals surface area contributed by atoms with E-state index in [4.69, 9.17) is 0 Å². The Kier molecular flexibility index (Phi) is 7.15. The highest BCUT2D eigenvalue weighted by atomic mass is 19.4. The van der Waals surface area contributed by atoms with E-state index in [0.29, 0.717) is 23.4 Å². The van der Waals surface area contributed by atoms with E-state index in [0.717, 1.165) is 23.9 Å². The van der Waals surface area contributed by atoms with E-state index in [-0.39, 0.29) is 11.1 Å². The van der Waals surface area contributed by atoms with Crippen molar-refractivity contribution in [1.29, 1.82) is 0 Å². The van der Waals surface area contributed by atoms with E-state index in [1.54, 1.807) is 42.6 Å². The molecule has 1 aromatic heterocycles. The van der Waals surface area contributed by atoms with Crippen LogP contribution >= 0.6 is 0 Å². The van der Waals surface area contributed by atoms with Crippen LogP contribution in [0.4, 0.5) is 24.5 Å². The van der Waals surface area contributed by atoms with Crippen LogP contribution in [0, 0.1) is 6.92 Å². The van der Waals surface area contributed by atoms with Gasteiger partial charge in [-0.3, -0.25) is 9.78 Å². The van der Waals surface area contributed by atoms with Gasteiger partial charge in [-0.05, 0) is 66.1 Å². The molecule has 4 rings (SSSR count). The van der Waals surface area contributed by atoms with E-state index in [2.05, 4.69) is 15.6 Å². The Labute approximate surface area is 201 Å². The van der Waals surface area contributed by atoms with Crippen molar-refractivity contribution in [2.45, 2.75) is 19.5 Å². The lowest BCUT2D eigenvalue weighted by Gasteiger charge is -2.17. The third kappa shape index (κ3) is 6.06. The van der Waals surface area contributed by atoms with Gasteiger partial charge in [-0.1, -0.05) is 42.5 Å². The molecule has 1 amide bonds. The van der Waals surface area contributed by atoms with Crippen LogP contribution in [0.25, 0.3) is 11.1 Å². The lowest BCUT2D eigenvalue weighted by atomic mass is 9.93. The third-order valence-corrected chi connectivity index (χ3v) is 5.58. The molecule has 3 aromatic carbocycles. The van der Waals surface area contributed by atoms with Crippen LogP contribution in [0.15, 0.2) is 91.1 Å². The van der Waals surface area contributed by atoms with Crippen LogP contribution in [0.5, 0.6) is 0 Å². The second-order valence-corrected chi connectivity index (χ2v) is 8.11. The maximum absolute atomic E-state index is 13.6. The van der Waals surface area contributed by atoms with Gasteiger partial charge < -0.3 is 10.6 Å². The number of nitrogens with one attached hydrogen (secondary N) is 2. The molecule has 0 spiro atoms. The maximum atomic E-state index is 13.6. The summed E-state index contributed by atoms with van der Waals surface area (Å²) in [5.74, 6) is -0.606. The highest BCUT2D eigenvalue weighted by molar-refractivity contribution is 6.09. The Morgan fingerprint density at radius 2 is 1.57 bits per heavy atom. The number of halogens is 3. The number of aromatic nitrogens is 1. The zero-order chi connectivity index (χ0) is 24.8. The molecule has 0 saturated carbocycles. The number of anilines is 2. The van der Waals surface area contributed by atoms with Crippen molar-refractivity contribution >= 4 is 17.3 Å². The number of nitrogens with zero attached hydrogens (tertiary/aromatic N) is 1. The Bertz CT molecular complexity index is 1290. The van der Waals surface area contributed by atoms with Crippen molar-refractivity contribution in [3.05, 3.63) is 114 Å². The van der Waals surface area contributed by atoms with Gasteiger partial charge in [0.1, 0.15) is 0 Å². The smallest absolute Gasteiger partial charge is 0.385 e. The van der Waals surface area contributed by atoms with Crippen LogP contribution < -0.4 is 10.6 Å². The number of hydrogen-bond acceptors (Lipinski definition) is 3. The molecule has 4 aromatic rings. The van der Waals surface area contributed by atoms with E-state index in [1.807, 2.05) is 36.4 Å². The molecule has 0 radical (unpaired) electrons. The van der Waals surface area contributed by atoms with Gasteiger partial charge in [-0.25, -0.2) is 0 Å². The molecule has 35 heavy (non-hydrogen) atoms. The molecule has 0 atom stereocenters. The monoisotopic (exact) mass is 475 g/mol. The van der Waals surface area contributed by atoms with Crippen molar-refractivity contribution in [2.24, 2.45) is 0 Å². The molecule has 178 valence electrons. The lowest BCUT2D eigenvalue weighted by Crippen LogP contribution is -2.16. The van der Waals surface area contributed by atoms with Gasteiger partial charge in [0.2, 0.25) is 0 Å². The first-order chi connectivity index (χ1) is 16.8. The minimum absolute atomic E-state index is 0.0355. The SMILES string of the molecule is Cc1cc(-c2ccccc2)c(C(=O)Nc2ccc(NCCc3ccccn3)cc2)cc1C(F)(F)F. The van der Waals surface area contributed by atoms with Crippen molar-refractivity contribution in [2.75, 3.05) is 17.2 Å². The standard InChI is InChI=1S/C28H24F3N3O/c1-19-17-24(20-7-3-2-4-8-20)25(18-26(19)28(29,30)31)27(35)34-23-12-10-22(11-13-23)33-16-14-21-9-5-6-15-32-21/h2-13,15,17-18,33H,14,16H2,1H3,(H,34,35). The van der Waals surface area contributed by atoms with E-state index >= 15 is 0 Å². The number of carbonyl (C=O) groups excluding carboxylic acids is 1. The highest BCUT2D eigenvalue weighted by Gasteiger charge is 2.34. The van der Waals surface area contributed by atoms with Crippen LogP contribution in [-0.2, 0) is 12.6 Å². The Balaban J connectivity index is 1.51. The fourth-order valence-electron chi connectivity index (χ4n) is 3.81. The lowest BCUT2D eigenvalue weighted by molar-refractivity contribution is -0.138. The Morgan fingerprint density at radius 1 is 0.886 bits per heavy atom. The summed E-state index contributed by atoms with van der Waals surface area (Å²) in [6.07, 6.45) is -2.05. The van der Waals surface area contributed by atoms with Gasteiger partial charge in [0, 0.05) is 41.8 Å². The summed E-state index contributed by atoms with van der Waals surface area (Å²) >= 11 is 0. The molecule has 0 aliphatic heterocycles. The summed E-state index contributed by atoms with van der Waals surface area (Å²) in [4.78, 5) is 17.4. The molecule has 7 heteroatoms. The van der Waals surface area contributed by atoms with E-state index in [1.165, 1.54) is 13.0 Å². The molecule has 4 nitrogen and oxygen atoms in total. The maximum Gasteiger partial charge on any atom is 0.416 e. The fraction of sp³-hybridized carbons (Fsp3) is 0.143. The number of pyridine rings is 1. The van der Waals surface area contributed by atoms with Gasteiger partial charge in [0.05, 0.1) is 5.56 Å². The predicted molar refractivity (Wildman–Crippen MR) is 132 cm³/mol. The number of carbonyl (C=O) groups is 1. The molecule has 1 heterocycles. The minimum atomic E-state index is -4.56. The highest BCUT2D eigenvalue weighted by Crippen LogP contribution is 2.36. The summed E-state index contributed by atoms with van der Waals surface area (Å²) in [7, 11) is 0. The first-order valence-electron chi connectivity index (χ1n) is 11.1. The molecule has 0 saturated heterocycles. The van der Waals surface area contributed by atoms with E-state index in [9.17, 15) is 18.0 Å². The largest absolute Gasteiger partial charge is 0.416 e. The third-order valence-electron chi connectivity index (χ3n) is 5.58. The molecular formula is C28H24F3N3O. The van der Waals surface area contributed by atoms with Crippen LogP contribution in [0.2, 0.25) is 0 Å². The molecule has 0 fully saturated rings. The topological polar surface area (TPSA) is 54.0 Å². The molecule has 0 bridgehead atoms. The van der Waals surface area contributed by atoms with Gasteiger partial charge in [-0.15, -0.1) is 0 Å².